The first kappa shape index (κ1) is 21.4. The fourth-order valence-corrected chi connectivity index (χ4v) is 4.43. The summed E-state index contributed by atoms with van der Waals surface area (Å²) in [7, 11) is 1.78. The Morgan fingerprint density at radius 1 is 0.968 bits per heavy atom. The van der Waals surface area contributed by atoms with Gasteiger partial charge in [-0.1, -0.05) is 36.4 Å². The molecule has 2 aromatic carbocycles. The highest BCUT2D eigenvalue weighted by atomic mass is 16.5. The van der Waals surface area contributed by atoms with Crippen molar-refractivity contribution in [3.05, 3.63) is 65.7 Å². The minimum atomic E-state index is -1.00. The maximum Gasteiger partial charge on any atom is 0.256 e. The van der Waals surface area contributed by atoms with E-state index in [1.807, 2.05) is 48.5 Å². The van der Waals surface area contributed by atoms with Crippen LogP contribution in [0.2, 0.25) is 0 Å². The third kappa shape index (κ3) is 4.74. The average Bonchev–Trinajstić information content (AvgIpc) is 2.81. The van der Waals surface area contributed by atoms with Crippen molar-refractivity contribution in [2.75, 3.05) is 39.9 Å². The van der Waals surface area contributed by atoms with Crippen LogP contribution in [0.1, 0.15) is 35.2 Å². The number of fused-ring (bicyclic) bond motifs is 1. The van der Waals surface area contributed by atoms with Crippen molar-refractivity contribution in [1.29, 1.82) is 0 Å². The summed E-state index contributed by atoms with van der Waals surface area (Å²) in [5, 5.41) is 0. The summed E-state index contributed by atoms with van der Waals surface area (Å²) < 4.78 is 12.1. The van der Waals surface area contributed by atoms with E-state index in [4.69, 9.17) is 9.47 Å². The Kier molecular flexibility index (Phi) is 6.56. The normalized spacial score (nSPS) is 22.8. The van der Waals surface area contributed by atoms with Crippen LogP contribution >= 0.6 is 0 Å². The number of likely N-dealkylation sites (N-methyl/N-ethyl adjacent to an activating group) is 1. The standard InChI is InChI=1S/C25H30N2O4/c1-26-15-17-30-22-13-6-5-9-20(22)10-7-8-14-25(24(26)29)19-27(16-18-31-25)23(28)21-11-3-2-4-12-21/h2-6,9,11-13H,7-8,10,14-19H2,1H3. The molecule has 2 heterocycles. The second-order valence-electron chi connectivity index (χ2n) is 8.33. The number of carbonyl (C=O) groups is 2. The molecule has 0 N–H and O–H groups in total. The molecule has 0 bridgehead atoms. The lowest BCUT2D eigenvalue weighted by Crippen LogP contribution is -2.61. The Morgan fingerprint density at radius 3 is 2.58 bits per heavy atom. The summed E-state index contributed by atoms with van der Waals surface area (Å²) in [5.74, 6) is 0.768. The third-order valence-corrected chi connectivity index (χ3v) is 6.16. The van der Waals surface area contributed by atoms with Gasteiger partial charge in [-0.05, 0) is 49.4 Å². The number of aryl methyl sites for hydroxylation is 1. The van der Waals surface area contributed by atoms with Crippen LogP contribution < -0.4 is 4.74 Å². The SMILES string of the molecule is CN1CCOc2ccccc2CCCCC2(CN(C(=O)c3ccccc3)CCO2)C1=O. The monoisotopic (exact) mass is 422 g/mol. The number of hydrogen-bond acceptors (Lipinski definition) is 4. The number of nitrogens with zero attached hydrogens (tertiary/aromatic N) is 2. The van der Waals surface area contributed by atoms with E-state index >= 15 is 0 Å². The highest BCUT2D eigenvalue weighted by Gasteiger charge is 2.46. The van der Waals surface area contributed by atoms with Crippen molar-refractivity contribution in [2.24, 2.45) is 0 Å². The second-order valence-corrected chi connectivity index (χ2v) is 8.33. The first-order valence-electron chi connectivity index (χ1n) is 11.0. The molecule has 1 spiro atoms. The van der Waals surface area contributed by atoms with Gasteiger partial charge in [0.05, 0.1) is 19.7 Å². The topological polar surface area (TPSA) is 59.1 Å². The molecule has 0 radical (unpaired) electrons. The first-order chi connectivity index (χ1) is 15.1. The number of para-hydroxylation sites is 1. The highest BCUT2D eigenvalue weighted by Crippen LogP contribution is 2.29. The molecule has 164 valence electrons. The Hall–Kier alpha value is -2.86. The number of carbonyl (C=O) groups excluding carboxylic acids is 2. The summed E-state index contributed by atoms with van der Waals surface area (Å²) in [6.45, 7) is 2.01. The lowest BCUT2D eigenvalue weighted by molar-refractivity contribution is -0.169. The van der Waals surface area contributed by atoms with Gasteiger partial charge in [-0.15, -0.1) is 0 Å². The molecule has 6 nitrogen and oxygen atoms in total. The van der Waals surface area contributed by atoms with Crippen molar-refractivity contribution in [3.63, 3.8) is 0 Å². The summed E-state index contributed by atoms with van der Waals surface area (Å²) in [6, 6.07) is 17.3. The van der Waals surface area contributed by atoms with E-state index < -0.39 is 5.60 Å². The Labute approximate surface area is 183 Å². The molecule has 1 fully saturated rings. The number of ether oxygens (including phenoxy) is 2. The highest BCUT2D eigenvalue weighted by molar-refractivity contribution is 5.95. The minimum Gasteiger partial charge on any atom is -0.491 e. The van der Waals surface area contributed by atoms with E-state index in [0.717, 1.165) is 25.0 Å². The van der Waals surface area contributed by atoms with E-state index in [-0.39, 0.29) is 18.4 Å². The summed E-state index contributed by atoms with van der Waals surface area (Å²) in [6.07, 6.45) is 3.25. The lowest BCUT2D eigenvalue weighted by atomic mass is 9.91. The number of rotatable bonds is 1. The van der Waals surface area contributed by atoms with Crippen molar-refractivity contribution in [2.45, 2.75) is 31.3 Å². The number of amides is 2. The van der Waals surface area contributed by atoms with Crippen LogP contribution in [0, 0.1) is 0 Å². The molecule has 6 heteroatoms. The van der Waals surface area contributed by atoms with Crippen LogP contribution in [-0.4, -0.2) is 67.1 Å². The van der Waals surface area contributed by atoms with Crippen LogP contribution in [0.5, 0.6) is 5.75 Å². The Bertz CT molecular complexity index is 917. The maximum absolute atomic E-state index is 13.5. The summed E-state index contributed by atoms with van der Waals surface area (Å²) in [4.78, 5) is 30.0. The Morgan fingerprint density at radius 2 is 1.74 bits per heavy atom. The average molecular weight is 423 g/mol. The number of morpholine rings is 1. The molecule has 2 aliphatic heterocycles. The molecule has 0 saturated carbocycles. The van der Waals surface area contributed by atoms with Crippen molar-refractivity contribution in [3.8, 4) is 5.75 Å². The van der Waals surface area contributed by atoms with Gasteiger partial charge in [-0.2, -0.15) is 0 Å². The zero-order chi connectivity index (χ0) is 21.7. The molecule has 0 aliphatic carbocycles. The molecule has 2 aromatic rings. The fraction of sp³-hybridized carbons (Fsp3) is 0.440. The van der Waals surface area contributed by atoms with Crippen LogP contribution in [0.3, 0.4) is 0 Å². The van der Waals surface area contributed by atoms with Gasteiger partial charge in [0.15, 0.2) is 5.60 Å². The molecular formula is C25H30N2O4. The van der Waals surface area contributed by atoms with Crippen LogP contribution in [0.15, 0.2) is 54.6 Å². The van der Waals surface area contributed by atoms with Crippen LogP contribution in [0.4, 0.5) is 0 Å². The van der Waals surface area contributed by atoms with Gasteiger partial charge in [-0.25, -0.2) is 0 Å². The van der Waals surface area contributed by atoms with Gasteiger partial charge in [-0.3, -0.25) is 9.59 Å². The van der Waals surface area contributed by atoms with Crippen LogP contribution in [0.25, 0.3) is 0 Å². The molecule has 2 aliphatic rings. The third-order valence-electron chi connectivity index (χ3n) is 6.16. The maximum atomic E-state index is 13.5. The minimum absolute atomic E-state index is 0.0536. The van der Waals surface area contributed by atoms with E-state index in [1.54, 1.807) is 16.8 Å². The van der Waals surface area contributed by atoms with Crippen molar-refractivity contribution in [1.82, 2.24) is 9.80 Å². The van der Waals surface area contributed by atoms with Gasteiger partial charge in [0.2, 0.25) is 0 Å². The van der Waals surface area contributed by atoms with Crippen molar-refractivity contribution >= 4 is 11.8 Å². The zero-order valence-corrected chi connectivity index (χ0v) is 18.1. The quantitative estimate of drug-likeness (QED) is 0.708. The summed E-state index contributed by atoms with van der Waals surface area (Å²) >= 11 is 0. The smallest absolute Gasteiger partial charge is 0.256 e. The van der Waals surface area contributed by atoms with Gasteiger partial charge in [0.25, 0.3) is 11.8 Å². The molecule has 1 unspecified atom stereocenters. The lowest BCUT2D eigenvalue weighted by Gasteiger charge is -2.43. The molecule has 4 rings (SSSR count). The summed E-state index contributed by atoms with van der Waals surface area (Å²) in [5.41, 5.74) is 0.825. The predicted octanol–water partition coefficient (Wildman–Crippen LogP) is 3.16. The van der Waals surface area contributed by atoms with Gasteiger partial charge in [0, 0.05) is 19.2 Å². The van der Waals surface area contributed by atoms with Gasteiger partial charge in [0.1, 0.15) is 12.4 Å². The molecular weight excluding hydrogens is 392 g/mol. The number of benzene rings is 2. The van der Waals surface area contributed by atoms with E-state index in [0.29, 0.717) is 38.3 Å². The molecule has 0 aromatic heterocycles. The van der Waals surface area contributed by atoms with Gasteiger partial charge >= 0.3 is 0 Å². The molecule has 2 amide bonds. The molecule has 31 heavy (non-hydrogen) atoms. The zero-order valence-electron chi connectivity index (χ0n) is 18.1. The van der Waals surface area contributed by atoms with E-state index in [1.165, 1.54) is 5.56 Å². The fourth-order valence-electron chi connectivity index (χ4n) is 4.43. The largest absolute Gasteiger partial charge is 0.491 e. The first-order valence-corrected chi connectivity index (χ1v) is 11.0. The van der Waals surface area contributed by atoms with E-state index in [2.05, 4.69) is 6.07 Å². The van der Waals surface area contributed by atoms with Crippen LogP contribution in [-0.2, 0) is 16.0 Å². The molecule has 1 saturated heterocycles. The van der Waals surface area contributed by atoms with E-state index in [9.17, 15) is 9.59 Å². The second kappa shape index (κ2) is 9.52. The number of hydrogen-bond donors (Lipinski definition) is 0. The molecule has 1 atom stereocenters. The predicted molar refractivity (Wildman–Crippen MR) is 118 cm³/mol. The Balaban J connectivity index is 1.54. The van der Waals surface area contributed by atoms with Crippen molar-refractivity contribution < 1.29 is 19.1 Å². The van der Waals surface area contributed by atoms with Gasteiger partial charge < -0.3 is 19.3 Å².